The summed E-state index contributed by atoms with van der Waals surface area (Å²) in [5.74, 6) is -1.18. The Morgan fingerprint density at radius 1 is 0.789 bits per heavy atom. The molecule has 10 heteroatoms. The molecule has 0 fully saturated rings. The number of benzene rings is 5. The SMILES string of the molecule is CCOC(=O)c1c(NC(=O)CSc2cccc(NC(=O)/C(=C\c3ccc(-c4ccccc4)cc3)NC(=O)c3ccccc3)c2)sc2c1CCC(c1ccccc1)C2. The Labute approximate surface area is 340 Å². The van der Waals surface area contributed by atoms with Crippen LogP contribution in [0.1, 0.15) is 61.5 Å². The van der Waals surface area contributed by atoms with E-state index in [-0.39, 0.29) is 24.0 Å². The van der Waals surface area contributed by atoms with Gasteiger partial charge in [-0.1, -0.05) is 109 Å². The van der Waals surface area contributed by atoms with Gasteiger partial charge in [0.2, 0.25) is 5.91 Å². The zero-order chi connectivity index (χ0) is 39.6. The third-order valence-electron chi connectivity index (χ3n) is 9.59. The van der Waals surface area contributed by atoms with Crippen molar-refractivity contribution < 1.29 is 23.9 Å². The molecule has 0 saturated heterocycles. The molecular formula is C47H41N3O5S2. The molecule has 5 aromatic carbocycles. The van der Waals surface area contributed by atoms with Gasteiger partial charge in [-0.2, -0.15) is 0 Å². The number of anilines is 2. The van der Waals surface area contributed by atoms with E-state index >= 15 is 0 Å². The van der Waals surface area contributed by atoms with Gasteiger partial charge in [0.25, 0.3) is 11.8 Å². The van der Waals surface area contributed by atoms with Gasteiger partial charge >= 0.3 is 5.97 Å². The molecule has 1 atom stereocenters. The van der Waals surface area contributed by atoms with Crippen LogP contribution >= 0.6 is 23.1 Å². The van der Waals surface area contributed by atoms with Crippen LogP contribution in [0.5, 0.6) is 0 Å². The molecule has 3 amide bonds. The number of amides is 3. The fraction of sp³-hybridized carbons (Fsp3) is 0.149. The minimum absolute atomic E-state index is 0.0693. The highest BCUT2D eigenvalue weighted by Gasteiger charge is 2.31. The van der Waals surface area contributed by atoms with Crippen molar-refractivity contribution in [1.29, 1.82) is 0 Å². The van der Waals surface area contributed by atoms with Gasteiger partial charge in [0.05, 0.1) is 17.9 Å². The van der Waals surface area contributed by atoms with Gasteiger partial charge in [0, 0.05) is 21.0 Å². The van der Waals surface area contributed by atoms with E-state index in [0.29, 0.717) is 27.7 Å². The summed E-state index contributed by atoms with van der Waals surface area (Å²) in [6, 6.07) is 44.0. The molecular weight excluding hydrogens is 751 g/mol. The second kappa shape index (κ2) is 18.6. The van der Waals surface area contributed by atoms with Crippen LogP contribution in [0.15, 0.2) is 150 Å². The topological polar surface area (TPSA) is 114 Å². The number of hydrogen-bond acceptors (Lipinski definition) is 7. The molecule has 0 spiro atoms. The molecule has 0 radical (unpaired) electrons. The largest absolute Gasteiger partial charge is 0.462 e. The van der Waals surface area contributed by atoms with Crippen LogP contribution in [0.2, 0.25) is 0 Å². The highest BCUT2D eigenvalue weighted by molar-refractivity contribution is 8.00. The predicted octanol–water partition coefficient (Wildman–Crippen LogP) is 10.0. The number of nitrogens with one attached hydrogen (secondary N) is 3. The first kappa shape index (κ1) is 39.0. The van der Waals surface area contributed by atoms with Crippen LogP contribution in [0.3, 0.4) is 0 Å². The molecule has 7 rings (SSSR count). The standard InChI is InChI=1S/C47H41N3O5S2/c1-2-55-47(54)43-39-26-25-36(33-15-8-4-9-16-33)28-41(39)57-46(43)50-42(51)30-56-38-20-12-19-37(29-38)48-45(53)40(49-44(52)35-17-10-5-11-18-35)27-31-21-23-34(24-22-31)32-13-6-3-7-14-32/h3-24,27,29,36H,2,25-26,28,30H2,1H3,(H,48,53)(H,49,52)(H,50,51)/b40-27+. The molecule has 8 nitrogen and oxygen atoms in total. The monoisotopic (exact) mass is 791 g/mol. The van der Waals surface area contributed by atoms with Crippen molar-refractivity contribution in [1.82, 2.24) is 5.32 Å². The lowest BCUT2D eigenvalue weighted by molar-refractivity contribution is -0.114. The number of rotatable bonds is 13. The molecule has 0 bridgehead atoms. The fourth-order valence-electron chi connectivity index (χ4n) is 6.79. The Morgan fingerprint density at radius 2 is 1.47 bits per heavy atom. The number of hydrogen-bond donors (Lipinski definition) is 3. The van der Waals surface area contributed by atoms with Crippen molar-refractivity contribution in [3.05, 3.63) is 178 Å². The van der Waals surface area contributed by atoms with Crippen LogP contribution < -0.4 is 16.0 Å². The van der Waals surface area contributed by atoms with E-state index in [0.717, 1.165) is 51.3 Å². The first-order chi connectivity index (χ1) is 27.8. The number of ether oxygens (including phenoxy) is 1. The van der Waals surface area contributed by atoms with Gasteiger partial charge in [-0.15, -0.1) is 23.1 Å². The summed E-state index contributed by atoms with van der Waals surface area (Å²) in [6.07, 6.45) is 4.08. The fourth-order valence-corrected chi connectivity index (χ4v) is 8.87. The number of fused-ring (bicyclic) bond motifs is 1. The Kier molecular flexibility index (Phi) is 12.7. The van der Waals surface area contributed by atoms with Gasteiger partial charge in [-0.3, -0.25) is 14.4 Å². The molecule has 6 aromatic rings. The van der Waals surface area contributed by atoms with E-state index < -0.39 is 17.8 Å². The van der Waals surface area contributed by atoms with E-state index in [1.165, 1.54) is 28.7 Å². The van der Waals surface area contributed by atoms with Crippen LogP contribution in [0, 0.1) is 0 Å². The van der Waals surface area contributed by atoms with Crippen molar-refractivity contribution in [2.45, 2.75) is 37.0 Å². The summed E-state index contributed by atoms with van der Waals surface area (Å²) >= 11 is 2.76. The predicted molar refractivity (Wildman–Crippen MR) is 230 cm³/mol. The van der Waals surface area contributed by atoms with Crippen molar-refractivity contribution >= 4 is 63.6 Å². The third kappa shape index (κ3) is 9.96. The summed E-state index contributed by atoms with van der Waals surface area (Å²) < 4.78 is 5.42. The number of carbonyl (C=O) groups excluding carboxylic acids is 4. The third-order valence-corrected chi connectivity index (χ3v) is 11.8. The van der Waals surface area contributed by atoms with Crippen molar-refractivity contribution in [2.75, 3.05) is 23.0 Å². The maximum Gasteiger partial charge on any atom is 0.341 e. The first-order valence-corrected chi connectivity index (χ1v) is 20.6. The average molecular weight is 792 g/mol. The van der Waals surface area contributed by atoms with Crippen LogP contribution in [0.4, 0.5) is 10.7 Å². The van der Waals surface area contributed by atoms with Gasteiger partial charge in [-0.05, 0) is 96.3 Å². The first-order valence-electron chi connectivity index (χ1n) is 18.8. The van der Waals surface area contributed by atoms with Crippen LogP contribution in [-0.2, 0) is 27.2 Å². The maximum atomic E-state index is 13.8. The zero-order valence-electron chi connectivity index (χ0n) is 31.3. The number of carbonyl (C=O) groups is 4. The molecule has 0 aliphatic heterocycles. The lowest BCUT2D eigenvalue weighted by Gasteiger charge is -2.23. The van der Waals surface area contributed by atoms with Gasteiger partial charge in [-0.25, -0.2) is 4.79 Å². The van der Waals surface area contributed by atoms with Crippen LogP contribution in [0.25, 0.3) is 17.2 Å². The molecule has 57 heavy (non-hydrogen) atoms. The molecule has 1 unspecified atom stereocenters. The molecule has 286 valence electrons. The maximum absolute atomic E-state index is 13.8. The number of thiophene rings is 1. The van der Waals surface area contributed by atoms with E-state index in [1.807, 2.05) is 84.9 Å². The van der Waals surface area contributed by atoms with E-state index in [1.54, 1.807) is 55.5 Å². The highest BCUT2D eigenvalue weighted by Crippen LogP contribution is 2.43. The van der Waals surface area contributed by atoms with E-state index in [9.17, 15) is 19.2 Å². The van der Waals surface area contributed by atoms with Gasteiger partial charge in [0.15, 0.2) is 0 Å². The van der Waals surface area contributed by atoms with Crippen LogP contribution in [-0.4, -0.2) is 36.1 Å². The minimum Gasteiger partial charge on any atom is -0.462 e. The molecule has 1 heterocycles. The molecule has 1 aromatic heterocycles. The van der Waals surface area contributed by atoms with E-state index in [4.69, 9.17) is 4.74 Å². The Morgan fingerprint density at radius 3 is 2.19 bits per heavy atom. The zero-order valence-corrected chi connectivity index (χ0v) is 33.0. The summed E-state index contributed by atoms with van der Waals surface area (Å²) in [5.41, 5.74) is 6.51. The Hall–Kier alpha value is -6.23. The van der Waals surface area contributed by atoms with E-state index in [2.05, 4.69) is 28.1 Å². The number of esters is 1. The van der Waals surface area contributed by atoms with Gasteiger partial charge < -0.3 is 20.7 Å². The second-order valence-corrected chi connectivity index (χ2v) is 15.6. The normalized spacial score (nSPS) is 13.6. The minimum atomic E-state index is -0.506. The Balaban J connectivity index is 1.03. The Bertz CT molecular complexity index is 2400. The van der Waals surface area contributed by atoms with Crippen molar-refractivity contribution in [3.63, 3.8) is 0 Å². The summed E-state index contributed by atoms with van der Waals surface area (Å²) in [6.45, 7) is 2.01. The lowest BCUT2D eigenvalue weighted by atomic mass is 9.83. The molecule has 1 aliphatic carbocycles. The molecule has 1 aliphatic rings. The summed E-state index contributed by atoms with van der Waals surface area (Å²) in [4.78, 5) is 55.3. The summed E-state index contributed by atoms with van der Waals surface area (Å²) in [7, 11) is 0. The number of thioether (sulfide) groups is 1. The van der Waals surface area contributed by atoms with Crippen molar-refractivity contribution in [3.8, 4) is 11.1 Å². The molecule has 3 N–H and O–H groups in total. The smallest absolute Gasteiger partial charge is 0.341 e. The quantitative estimate of drug-likeness (QED) is 0.0610. The lowest BCUT2D eigenvalue weighted by Crippen LogP contribution is -2.30. The van der Waals surface area contributed by atoms with Gasteiger partial charge in [0.1, 0.15) is 10.7 Å². The second-order valence-electron chi connectivity index (χ2n) is 13.5. The highest BCUT2D eigenvalue weighted by atomic mass is 32.2. The molecule has 0 saturated carbocycles. The summed E-state index contributed by atoms with van der Waals surface area (Å²) in [5, 5.41) is 9.23. The van der Waals surface area contributed by atoms with Crippen molar-refractivity contribution in [2.24, 2.45) is 0 Å². The average Bonchev–Trinajstić information content (AvgIpc) is 3.61.